The first-order valence-corrected chi connectivity index (χ1v) is 9.37. The van der Waals surface area contributed by atoms with Gasteiger partial charge in [-0.15, -0.1) is 0 Å². The number of piperazine rings is 1. The first-order chi connectivity index (χ1) is 12.1. The lowest BCUT2D eigenvalue weighted by atomic mass is 10.1. The molecule has 1 N–H and O–H groups in total. The second kappa shape index (κ2) is 6.29. The smallest absolute Gasteiger partial charge is 0.243 e. The number of ether oxygens (including phenoxy) is 2. The standard InChI is InChI=1S/C17H17FN2O4S/c18-13-3-1-2-12(8-13)15-10-19-6-7-20(15)25(21,22)14-4-5-16-17(9-14)24-11-23-16/h1-5,8-9,15,19H,6-7,10-11H2. The van der Waals surface area contributed by atoms with Crippen molar-refractivity contribution in [3.05, 3.63) is 53.8 Å². The van der Waals surface area contributed by atoms with Crippen LogP contribution < -0.4 is 14.8 Å². The molecule has 0 amide bonds. The fraction of sp³-hybridized carbons (Fsp3) is 0.294. The number of benzene rings is 2. The Balaban J connectivity index is 1.72. The third-order valence-electron chi connectivity index (χ3n) is 4.38. The Morgan fingerprint density at radius 1 is 1.12 bits per heavy atom. The number of nitrogens with zero attached hydrogens (tertiary/aromatic N) is 1. The molecule has 2 aliphatic heterocycles. The average molecular weight is 364 g/mol. The molecule has 1 atom stereocenters. The van der Waals surface area contributed by atoms with E-state index in [1.165, 1.54) is 28.6 Å². The topological polar surface area (TPSA) is 67.9 Å². The molecule has 2 aromatic rings. The average Bonchev–Trinajstić information content (AvgIpc) is 3.09. The lowest BCUT2D eigenvalue weighted by Crippen LogP contribution is -2.48. The van der Waals surface area contributed by atoms with E-state index in [0.29, 0.717) is 36.7 Å². The molecule has 2 aromatic carbocycles. The van der Waals surface area contributed by atoms with Gasteiger partial charge in [-0.3, -0.25) is 0 Å². The lowest BCUT2D eigenvalue weighted by Gasteiger charge is -2.35. The minimum absolute atomic E-state index is 0.0817. The van der Waals surface area contributed by atoms with Crippen LogP contribution in [0.3, 0.4) is 0 Å². The molecule has 25 heavy (non-hydrogen) atoms. The Hall–Kier alpha value is -2.16. The lowest BCUT2D eigenvalue weighted by molar-refractivity contribution is 0.174. The van der Waals surface area contributed by atoms with Crippen molar-refractivity contribution in [2.45, 2.75) is 10.9 Å². The summed E-state index contributed by atoms with van der Waals surface area (Å²) in [6.07, 6.45) is 0. The Morgan fingerprint density at radius 2 is 1.96 bits per heavy atom. The van der Waals surface area contributed by atoms with Crippen molar-refractivity contribution in [2.75, 3.05) is 26.4 Å². The summed E-state index contributed by atoms with van der Waals surface area (Å²) in [6.45, 7) is 1.35. The van der Waals surface area contributed by atoms with Gasteiger partial charge in [0.25, 0.3) is 0 Å². The maximum atomic E-state index is 13.6. The summed E-state index contributed by atoms with van der Waals surface area (Å²) in [4.78, 5) is 0.139. The van der Waals surface area contributed by atoms with Crippen LogP contribution in [0.25, 0.3) is 0 Å². The number of sulfonamides is 1. The van der Waals surface area contributed by atoms with E-state index in [-0.39, 0.29) is 17.5 Å². The van der Waals surface area contributed by atoms with E-state index < -0.39 is 16.1 Å². The van der Waals surface area contributed by atoms with Gasteiger partial charge in [0.15, 0.2) is 11.5 Å². The molecule has 132 valence electrons. The summed E-state index contributed by atoms with van der Waals surface area (Å²) in [5, 5.41) is 3.17. The molecule has 1 fully saturated rings. The van der Waals surface area contributed by atoms with E-state index in [1.807, 2.05) is 0 Å². The predicted octanol–water partition coefficient (Wildman–Crippen LogP) is 1.89. The molecule has 0 radical (unpaired) electrons. The molecule has 0 bridgehead atoms. The van der Waals surface area contributed by atoms with E-state index in [1.54, 1.807) is 18.2 Å². The Kier molecular flexibility index (Phi) is 4.10. The summed E-state index contributed by atoms with van der Waals surface area (Å²) in [6, 6.07) is 10.1. The zero-order valence-corrected chi connectivity index (χ0v) is 14.1. The predicted molar refractivity (Wildman–Crippen MR) is 88.5 cm³/mol. The second-order valence-electron chi connectivity index (χ2n) is 5.91. The van der Waals surface area contributed by atoms with Crippen LogP contribution in [0.4, 0.5) is 4.39 Å². The number of rotatable bonds is 3. The van der Waals surface area contributed by atoms with Crippen molar-refractivity contribution in [1.82, 2.24) is 9.62 Å². The van der Waals surface area contributed by atoms with Crippen LogP contribution in [-0.4, -0.2) is 39.2 Å². The van der Waals surface area contributed by atoms with Gasteiger partial charge < -0.3 is 14.8 Å². The van der Waals surface area contributed by atoms with Crippen LogP contribution in [0.5, 0.6) is 11.5 Å². The number of hydrogen-bond acceptors (Lipinski definition) is 5. The van der Waals surface area contributed by atoms with Crippen molar-refractivity contribution in [2.24, 2.45) is 0 Å². The molecule has 6 nitrogen and oxygen atoms in total. The SMILES string of the molecule is O=S(=O)(c1ccc2c(c1)OCO2)N1CCNCC1c1cccc(F)c1. The van der Waals surface area contributed by atoms with Crippen LogP contribution >= 0.6 is 0 Å². The first kappa shape index (κ1) is 16.3. The highest BCUT2D eigenvalue weighted by Crippen LogP contribution is 2.36. The zero-order valence-electron chi connectivity index (χ0n) is 13.3. The number of halogens is 1. The van der Waals surface area contributed by atoms with E-state index in [0.717, 1.165) is 0 Å². The van der Waals surface area contributed by atoms with Crippen LogP contribution in [0.2, 0.25) is 0 Å². The minimum atomic E-state index is -3.76. The van der Waals surface area contributed by atoms with Gasteiger partial charge in [0, 0.05) is 25.7 Å². The van der Waals surface area contributed by atoms with E-state index in [9.17, 15) is 12.8 Å². The molecule has 4 rings (SSSR count). The molecule has 0 aromatic heterocycles. The summed E-state index contributed by atoms with van der Waals surface area (Å²) < 4.78 is 51.9. The highest BCUT2D eigenvalue weighted by molar-refractivity contribution is 7.89. The molecule has 1 saturated heterocycles. The molecule has 2 aliphatic rings. The fourth-order valence-corrected chi connectivity index (χ4v) is 4.77. The maximum Gasteiger partial charge on any atom is 0.243 e. The number of nitrogens with one attached hydrogen (secondary N) is 1. The van der Waals surface area contributed by atoms with Crippen molar-refractivity contribution in [3.8, 4) is 11.5 Å². The molecular weight excluding hydrogens is 347 g/mol. The normalized spacial score (nSPS) is 20.6. The summed E-state index contributed by atoms with van der Waals surface area (Å²) in [7, 11) is -3.76. The van der Waals surface area contributed by atoms with Gasteiger partial charge in [0.1, 0.15) is 5.82 Å². The van der Waals surface area contributed by atoms with Crippen LogP contribution in [-0.2, 0) is 10.0 Å². The highest BCUT2D eigenvalue weighted by atomic mass is 32.2. The van der Waals surface area contributed by atoms with Gasteiger partial charge in [-0.05, 0) is 29.8 Å². The van der Waals surface area contributed by atoms with Gasteiger partial charge >= 0.3 is 0 Å². The quantitative estimate of drug-likeness (QED) is 0.901. The van der Waals surface area contributed by atoms with E-state index >= 15 is 0 Å². The van der Waals surface area contributed by atoms with Crippen molar-refractivity contribution in [1.29, 1.82) is 0 Å². The molecule has 0 saturated carbocycles. The summed E-state index contributed by atoms with van der Waals surface area (Å²) >= 11 is 0. The van der Waals surface area contributed by atoms with Crippen LogP contribution in [0, 0.1) is 5.82 Å². The fourth-order valence-electron chi connectivity index (χ4n) is 3.14. The minimum Gasteiger partial charge on any atom is -0.454 e. The first-order valence-electron chi connectivity index (χ1n) is 7.93. The Labute approximate surface area is 145 Å². The van der Waals surface area contributed by atoms with Gasteiger partial charge in [-0.2, -0.15) is 4.31 Å². The van der Waals surface area contributed by atoms with Crippen molar-refractivity contribution < 1.29 is 22.3 Å². The summed E-state index contributed by atoms with van der Waals surface area (Å²) in [5.41, 5.74) is 0.622. The Bertz CT molecular complexity index is 903. The van der Waals surface area contributed by atoms with Gasteiger partial charge in [-0.1, -0.05) is 12.1 Å². The Morgan fingerprint density at radius 3 is 2.80 bits per heavy atom. The van der Waals surface area contributed by atoms with Crippen molar-refractivity contribution >= 4 is 10.0 Å². The van der Waals surface area contributed by atoms with Gasteiger partial charge in [0.2, 0.25) is 16.8 Å². The second-order valence-corrected chi connectivity index (χ2v) is 7.80. The molecular formula is C17H17FN2O4S. The van der Waals surface area contributed by atoms with E-state index in [4.69, 9.17) is 9.47 Å². The van der Waals surface area contributed by atoms with E-state index in [2.05, 4.69) is 5.32 Å². The monoisotopic (exact) mass is 364 g/mol. The van der Waals surface area contributed by atoms with Crippen molar-refractivity contribution in [3.63, 3.8) is 0 Å². The molecule has 1 unspecified atom stereocenters. The number of hydrogen-bond donors (Lipinski definition) is 1. The number of fused-ring (bicyclic) bond motifs is 1. The molecule has 2 heterocycles. The highest BCUT2D eigenvalue weighted by Gasteiger charge is 2.35. The molecule has 0 spiro atoms. The molecule has 0 aliphatic carbocycles. The maximum absolute atomic E-state index is 13.6. The third kappa shape index (κ3) is 2.97. The van der Waals surface area contributed by atoms with Crippen LogP contribution in [0.15, 0.2) is 47.4 Å². The largest absolute Gasteiger partial charge is 0.454 e. The van der Waals surface area contributed by atoms with Gasteiger partial charge in [-0.25, -0.2) is 12.8 Å². The third-order valence-corrected chi connectivity index (χ3v) is 6.28. The summed E-state index contributed by atoms with van der Waals surface area (Å²) in [5.74, 6) is 0.558. The zero-order chi connectivity index (χ0) is 17.4. The molecule has 8 heteroatoms. The van der Waals surface area contributed by atoms with Crippen LogP contribution in [0.1, 0.15) is 11.6 Å². The van der Waals surface area contributed by atoms with Gasteiger partial charge in [0.05, 0.1) is 10.9 Å².